The highest BCUT2D eigenvalue weighted by Gasteiger charge is 2.22. The molecule has 0 spiro atoms. The molecule has 0 unspecified atom stereocenters. The summed E-state index contributed by atoms with van der Waals surface area (Å²) in [5, 5.41) is 0. The molecule has 0 bridgehead atoms. The summed E-state index contributed by atoms with van der Waals surface area (Å²) in [7, 11) is 13.4. The van der Waals surface area contributed by atoms with Crippen molar-refractivity contribution in [3.63, 3.8) is 0 Å². The maximum Gasteiger partial charge on any atom is 0.331 e. The van der Waals surface area contributed by atoms with Crippen LogP contribution >= 0.6 is 0 Å². The van der Waals surface area contributed by atoms with E-state index in [2.05, 4.69) is 0 Å². The minimum atomic E-state index is -0.877. The molecule has 0 aliphatic rings. The van der Waals surface area contributed by atoms with E-state index < -0.39 is 18.0 Å². The second-order valence-electron chi connectivity index (χ2n) is 9.92. The summed E-state index contributed by atoms with van der Waals surface area (Å²) in [5.41, 5.74) is 1.74. The van der Waals surface area contributed by atoms with Gasteiger partial charge < -0.3 is 52.1 Å². The highest BCUT2D eigenvalue weighted by atomic mass is 16.6. The molecule has 0 heterocycles. The molecule has 13 nitrogen and oxygen atoms in total. The van der Waals surface area contributed by atoms with E-state index in [4.69, 9.17) is 52.1 Å². The number of carbonyl (C=O) groups is 2. The second kappa shape index (κ2) is 18.6. The first-order valence-electron chi connectivity index (χ1n) is 14.8. The Morgan fingerprint density at radius 2 is 0.857 bits per heavy atom. The predicted octanol–water partition coefficient (Wildman–Crippen LogP) is 5.71. The van der Waals surface area contributed by atoms with Crippen LogP contribution in [0.1, 0.15) is 29.2 Å². The summed E-state index contributed by atoms with van der Waals surface area (Å²) in [4.78, 5) is 25.8. The van der Waals surface area contributed by atoms with Gasteiger partial charge in [-0.2, -0.15) is 0 Å². The van der Waals surface area contributed by atoms with Gasteiger partial charge in [-0.05, 0) is 59.7 Å². The van der Waals surface area contributed by atoms with E-state index in [1.165, 1.54) is 76.1 Å². The minimum absolute atomic E-state index is 0.0936. The lowest BCUT2D eigenvalue weighted by molar-refractivity contribution is -0.145. The molecular formula is C36H42O13. The monoisotopic (exact) mass is 682 g/mol. The molecule has 1 atom stereocenters. The molecule has 0 N–H and O–H groups in total. The Morgan fingerprint density at radius 1 is 0.510 bits per heavy atom. The number of rotatable bonds is 18. The van der Waals surface area contributed by atoms with Gasteiger partial charge in [-0.25, -0.2) is 9.59 Å². The molecule has 3 aromatic rings. The number of hydrogen-bond acceptors (Lipinski definition) is 13. The van der Waals surface area contributed by atoms with Gasteiger partial charge in [-0.15, -0.1) is 0 Å². The highest BCUT2D eigenvalue weighted by Crippen LogP contribution is 2.42. The van der Waals surface area contributed by atoms with Crippen molar-refractivity contribution in [2.75, 3.05) is 70.6 Å². The van der Waals surface area contributed by atoms with Crippen molar-refractivity contribution in [2.45, 2.75) is 12.5 Å². The number of ether oxygens (including phenoxy) is 11. The molecular weight excluding hydrogens is 640 g/mol. The van der Waals surface area contributed by atoms with Crippen LogP contribution in [0.15, 0.2) is 48.6 Å². The van der Waals surface area contributed by atoms with Gasteiger partial charge in [0.15, 0.2) is 34.5 Å². The SMILES string of the molecule is COc1cc(/C=C/C(=O)OCC[C@@H](OC(=O)/C=C/c2cc(OC)c(OC)c(OC)c2)c2cc(OC)c(OC)c(OC)c2)cc(OC)c1OC. The first-order chi connectivity index (χ1) is 23.7. The van der Waals surface area contributed by atoms with Crippen LogP contribution in [0.5, 0.6) is 51.7 Å². The highest BCUT2D eigenvalue weighted by molar-refractivity contribution is 5.88. The molecule has 3 rings (SSSR count). The number of methoxy groups -OCH3 is 9. The fourth-order valence-electron chi connectivity index (χ4n) is 4.80. The largest absolute Gasteiger partial charge is 0.493 e. The first kappa shape index (κ1) is 37.7. The summed E-state index contributed by atoms with van der Waals surface area (Å²) >= 11 is 0. The molecule has 0 aromatic heterocycles. The predicted molar refractivity (Wildman–Crippen MR) is 181 cm³/mol. The van der Waals surface area contributed by atoms with Gasteiger partial charge in [0.25, 0.3) is 0 Å². The van der Waals surface area contributed by atoms with E-state index in [1.54, 1.807) is 48.6 Å². The lowest BCUT2D eigenvalue weighted by Crippen LogP contribution is -2.14. The Hall–Kier alpha value is -5.72. The lowest BCUT2D eigenvalue weighted by atomic mass is 10.0. The fourth-order valence-corrected chi connectivity index (χ4v) is 4.80. The van der Waals surface area contributed by atoms with E-state index in [0.717, 1.165) is 0 Å². The van der Waals surface area contributed by atoms with Gasteiger partial charge in [-0.1, -0.05) is 0 Å². The van der Waals surface area contributed by atoms with Crippen LogP contribution in [-0.2, 0) is 19.1 Å². The summed E-state index contributed by atoms with van der Waals surface area (Å²) in [6.07, 6.45) is 4.85. The van der Waals surface area contributed by atoms with Gasteiger partial charge in [0.2, 0.25) is 17.2 Å². The third-order valence-corrected chi connectivity index (χ3v) is 7.14. The zero-order valence-corrected chi connectivity index (χ0v) is 29.1. The van der Waals surface area contributed by atoms with Gasteiger partial charge >= 0.3 is 11.9 Å². The number of carbonyl (C=O) groups excluding carboxylic acids is 2. The van der Waals surface area contributed by atoms with Crippen LogP contribution in [0.25, 0.3) is 12.2 Å². The maximum atomic E-state index is 13.1. The van der Waals surface area contributed by atoms with Gasteiger partial charge in [0.1, 0.15) is 6.10 Å². The van der Waals surface area contributed by atoms with Crippen molar-refractivity contribution in [3.8, 4) is 51.7 Å². The Morgan fingerprint density at radius 3 is 1.20 bits per heavy atom. The second-order valence-corrected chi connectivity index (χ2v) is 9.92. The van der Waals surface area contributed by atoms with Crippen LogP contribution in [0, 0.1) is 0 Å². The Bertz CT molecular complexity index is 1570. The molecule has 0 radical (unpaired) electrons. The molecule has 13 heteroatoms. The van der Waals surface area contributed by atoms with E-state index in [0.29, 0.717) is 68.4 Å². The van der Waals surface area contributed by atoms with Crippen molar-refractivity contribution in [1.82, 2.24) is 0 Å². The fraction of sp³-hybridized carbons (Fsp3) is 0.333. The Kier molecular flexibility index (Phi) is 14.3. The maximum absolute atomic E-state index is 13.1. The van der Waals surface area contributed by atoms with E-state index in [9.17, 15) is 9.59 Å². The third-order valence-electron chi connectivity index (χ3n) is 7.14. The molecule has 3 aromatic carbocycles. The Labute approximate surface area is 285 Å². The summed E-state index contributed by atoms with van der Waals surface area (Å²) in [6, 6.07) is 10.1. The van der Waals surface area contributed by atoms with Crippen LogP contribution in [0.4, 0.5) is 0 Å². The standard InChI is InChI=1S/C36H42O13/c1-39-26-16-22(17-27(40-2)34(26)45-7)10-12-32(37)48-15-14-25(24-20-30(43-5)36(47-9)31(21-24)44-6)49-33(38)13-11-23-18-28(41-3)35(46-8)29(19-23)42-4/h10-13,16-21,25H,14-15H2,1-9H3/b12-10+,13-11+/t25-/m1/s1. The van der Waals surface area contributed by atoms with Crippen molar-refractivity contribution >= 4 is 24.1 Å². The van der Waals surface area contributed by atoms with Crippen molar-refractivity contribution in [3.05, 3.63) is 65.2 Å². The summed E-state index contributed by atoms with van der Waals surface area (Å²) < 4.78 is 60.0. The van der Waals surface area contributed by atoms with E-state index in [1.807, 2.05) is 0 Å². The average molecular weight is 683 g/mol. The van der Waals surface area contributed by atoms with Gasteiger partial charge in [-0.3, -0.25) is 0 Å². The van der Waals surface area contributed by atoms with Crippen LogP contribution in [0.2, 0.25) is 0 Å². The van der Waals surface area contributed by atoms with Crippen molar-refractivity contribution in [2.24, 2.45) is 0 Å². The van der Waals surface area contributed by atoms with Crippen LogP contribution in [-0.4, -0.2) is 82.5 Å². The number of esters is 2. The molecule has 0 saturated carbocycles. The smallest absolute Gasteiger partial charge is 0.331 e. The molecule has 0 amide bonds. The van der Waals surface area contributed by atoms with Crippen LogP contribution < -0.4 is 42.6 Å². The number of hydrogen-bond donors (Lipinski definition) is 0. The lowest BCUT2D eigenvalue weighted by Gasteiger charge is -2.20. The molecule has 49 heavy (non-hydrogen) atoms. The van der Waals surface area contributed by atoms with E-state index in [-0.39, 0.29) is 13.0 Å². The molecule has 264 valence electrons. The van der Waals surface area contributed by atoms with Gasteiger partial charge in [0.05, 0.1) is 70.6 Å². The summed E-state index contributed by atoms with van der Waals surface area (Å²) in [5.74, 6) is 2.35. The van der Waals surface area contributed by atoms with Crippen LogP contribution in [0.3, 0.4) is 0 Å². The minimum Gasteiger partial charge on any atom is -0.493 e. The molecule has 0 saturated heterocycles. The Balaban J connectivity index is 1.83. The number of benzene rings is 3. The quantitative estimate of drug-likeness (QED) is 0.120. The zero-order valence-electron chi connectivity index (χ0n) is 29.1. The normalized spacial score (nSPS) is 11.4. The molecule has 0 fully saturated rings. The first-order valence-corrected chi connectivity index (χ1v) is 14.8. The molecule has 0 aliphatic carbocycles. The van der Waals surface area contributed by atoms with Crippen molar-refractivity contribution < 1.29 is 61.7 Å². The average Bonchev–Trinajstić information content (AvgIpc) is 3.13. The van der Waals surface area contributed by atoms with Crippen molar-refractivity contribution in [1.29, 1.82) is 0 Å². The summed E-state index contributed by atoms with van der Waals surface area (Å²) in [6.45, 7) is -0.0936. The molecule has 0 aliphatic heterocycles. The topological polar surface area (TPSA) is 136 Å². The van der Waals surface area contributed by atoms with Gasteiger partial charge in [0, 0.05) is 24.1 Å². The van der Waals surface area contributed by atoms with E-state index >= 15 is 0 Å². The third kappa shape index (κ3) is 9.66. The zero-order chi connectivity index (χ0) is 35.9.